The molecule has 0 spiro atoms. The summed E-state index contributed by atoms with van der Waals surface area (Å²) >= 11 is 0. The molecule has 2 aromatic carbocycles. The molecule has 1 saturated carbocycles. The van der Waals surface area contributed by atoms with Gasteiger partial charge in [0.2, 0.25) is 5.91 Å². The van der Waals surface area contributed by atoms with Gasteiger partial charge in [0.25, 0.3) is 0 Å². The van der Waals surface area contributed by atoms with Crippen molar-refractivity contribution in [2.45, 2.75) is 70.0 Å². The van der Waals surface area contributed by atoms with Gasteiger partial charge in [0, 0.05) is 12.3 Å². The summed E-state index contributed by atoms with van der Waals surface area (Å²) in [5.41, 5.74) is 2.86. The molecule has 182 valence electrons. The molecule has 3 aliphatic rings. The van der Waals surface area contributed by atoms with Crippen LogP contribution < -0.4 is 10.8 Å². The molecular weight excluding hydrogens is 437 g/mol. The Balaban J connectivity index is 1.45. The maximum Gasteiger partial charge on any atom is 0.407 e. The number of nitrogens with one attached hydrogen (secondary N) is 1. The van der Waals surface area contributed by atoms with E-state index in [0.717, 1.165) is 59.6 Å². The molecule has 2 aromatic rings. The van der Waals surface area contributed by atoms with Crippen LogP contribution in [0.5, 0.6) is 0 Å². The van der Waals surface area contributed by atoms with Gasteiger partial charge >= 0.3 is 6.09 Å². The number of amides is 2. The van der Waals surface area contributed by atoms with E-state index in [0.29, 0.717) is 12.5 Å². The van der Waals surface area contributed by atoms with E-state index < -0.39 is 12.1 Å². The van der Waals surface area contributed by atoms with Crippen molar-refractivity contribution in [2.75, 3.05) is 13.7 Å². The summed E-state index contributed by atoms with van der Waals surface area (Å²) in [5.74, 6) is 0.462. The number of fused-ring (bicyclic) bond motifs is 2. The van der Waals surface area contributed by atoms with Gasteiger partial charge in [0.1, 0.15) is 13.9 Å². The minimum absolute atomic E-state index is 0.0152. The van der Waals surface area contributed by atoms with E-state index in [4.69, 9.17) is 17.6 Å². The zero-order valence-electron chi connectivity index (χ0n) is 20.9. The molecule has 0 aromatic heterocycles. The molecular formula is C28H34BN3O3. The highest BCUT2D eigenvalue weighted by Crippen LogP contribution is 2.53. The van der Waals surface area contributed by atoms with Crippen molar-refractivity contribution >= 4 is 41.8 Å². The maximum absolute atomic E-state index is 13.7. The molecule has 4 atom stereocenters. The second-order valence-corrected chi connectivity index (χ2v) is 10.7. The highest BCUT2D eigenvalue weighted by molar-refractivity contribution is 6.33. The molecule has 7 heteroatoms. The van der Waals surface area contributed by atoms with E-state index in [1.54, 1.807) is 0 Å². The quantitative estimate of drug-likeness (QED) is 0.676. The number of carbonyl (C=O) groups excluding carboxylic acids is 2. The number of benzene rings is 2. The van der Waals surface area contributed by atoms with Crippen LogP contribution in [-0.2, 0) is 9.53 Å². The van der Waals surface area contributed by atoms with Crippen molar-refractivity contribution < 1.29 is 14.3 Å². The van der Waals surface area contributed by atoms with Gasteiger partial charge in [0.05, 0.1) is 18.7 Å². The third-order valence-corrected chi connectivity index (χ3v) is 8.37. The Bertz CT molecular complexity index is 1180. The molecule has 2 fully saturated rings. The number of carbonyl (C=O) groups is 2. The molecule has 4 unspecified atom stereocenters. The molecule has 2 amide bonds. The number of ether oxygens (including phenoxy) is 1. The van der Waals surface area contributed by atoms with Gasteiger partial charge in [-0.3, -0.25) is 9.79 Å². The first-order valence-corrected chi connectivity index (χ1v) is 12.9. The van der Waals surface area contributed by atoms with E-state index in [-0.39, 0.29) is 23.4 Å². The Labute approximate surface area is 208 Å². The molecule has 2 radical (unpaired) electrons. The zero-order chi connectivity index (χ0) is 24.7. The Morgan fingerprint density at radius 1 is 1.14 bits per heavy atom. The fourth-order valence-corrected chi connectivity index (χ4v) is 6.40. The fourth-order valence-electron chi connectivity index (χ4n) is 6.40. The van der Waals surface area contributed by atoms with E-state index in [2.05, 4.69) is 29.6 Å². The van der Waals surface area contributed by atoms with Crippen LogP contribution in [0.1, 0.15) is 57.9 Å². The Hall–Kier alpha value is -2.83. The molecule has 2 aliphatic heterocycles. The number of hydrogen-bond donors (Lipinski definition) is 1. The molecule has 1 N–H and O–H groups in total. The van der Waals surface area contributed by atoms with Crippen LogP contribution in [0.15, 0.2) is 41.4 Å². The number of alkyl carbamates (subject to hydrolysis) is 1. The van der Waals surface area contributed by atoms with Crippen LogP contribution in [0, 0.1) is 11.8 Å². The minimum atomic E-state index is -0.599. The number of nitrogens with zero attached hydrogens (tertiary/aromatic N) is 2. The first-order valence-electron chi connectivity index (χ1n) is 12.9. The third-order valence-electron chi connectivity index (χ3n) is 8.37. The van der Waals surface area contributed by atoms with Crippen molar-refractivity contribution in [1.29, 1.82) is 0 Å². The van der Waals surface area contributed by atoms with Crippen LogP contribution in [-0.4, -0.2) is 61.7 Å². The molecule has 1 saturated heterocycles. The molecule has 1 aliphatic carbocycles. The van der Waals surface area contributed by atoms with Crippen molar-refractivity contribution in [1.82, 2.24) is 10.2 Å². The molecule has 5 rings (SSSR count). The van der Waals surface area contributed by atoms with Crippen molar-refractivity contribution in [3.63, 3.8) is 0 Å². The van der Waals surface area contributed by atoms with Crippen molar-refractivity contribution in [2.24, 2.45) is 16.8 Å². The zero-order valence-corrected chi connectivity index (χ0v) is 20.9. The smallest absolute Gasteiger partial charge is 0.407 e. The Morgan fingerprint density at radius 2 is 1.91 bits per heavy atom. The normalized spacial score (nSPS) is 26.6. The average Bonchev–Trinajstić information content (AvgIpc) is 3.32. The lowest BCUT2D eigenvalue weighted by atomic mass is 9.59. The van der Waals surface area contributed by atoms with Crippen molar-refractivity contribution in [3.8, 4) is 0 Å². The lowest BCUT2D eigenvalue weighted by Crippen LogP contribution is -2.63. The number of likely N-dealkylation sites (tertiary alicyclic amines) is 1. The summed E-state index contributed by atoms with van der Waals surface area (Å²) in [6.45, 7) is 4.63. The fraction of sp³-hybridized carbons (Fsp3) is 0.536. The topological polar surface area (TPSA) is 71.0 Å². The van der Waals surface area contributed by atoms with Gasteiger partial charge in [-0.1, -0.05) is 49.6 Å². The van der Waals surface area contributed by atoms with E-state index in [9.17, 15) is 9.59 Å². The minimum Gasteiger partial charge on any atom is -0.453 e. The van der Waals surface area contributed by atoms with Crippen molar-refractivity contribution in [3.05, 3.63) is 42.0 Å². The number of methoxy groups -OCH3 is 1. The molecule has 35 heavy (non-hydrogen) atoms. The summed E-state index contributed by atoms with van der Waals surface area (Å²) < 4.78 is 4.79. The predicted octanol–water partition coefficient (Wildman–Crippen LogP) is 3.74. The third kappa shape index (κ3) is 4.23. The summed E-state index contributed by atoms with van der Waals surface area (Å²) in [6, 6.07) is 12.0. The first-order chi connectivity index (χ1) is 16.8. The van der Waals surface area contributed by atoms with Crippen LogP contribution in [0.2, 0.25) is 0 Å². The van der Waals surface area contributed by atoms with E-state index >= 15 is 0 Å². The van der Waals surface area contributed by atoms with Gasteiger partial charge in [-0.15, -0.1) is 0 Å². The summed E-state index contributed by atoms with van der Waals surface area (Å²) in [6.07, 6.45) is 5.60. The maximum atomic E-state index is 13.7. The highest BCUT2D eigenvalue weighted by Gasteiger charge is 2.57. The molecule has 0 bridgehead atoms. The van der Waals surface area contributed by atoms with Gasteiger partial charge in [-0.25, -0.2) is 4.79 Å². The number of hydrogen-bond acceptors (Lipinski definition) is 4. The summed E-state index contributed by atoms with van der Waals surface area (Å²) in [7, 11) is 7.29. The molecule has 6 nitrogen and oxygen atoms in total. The second kappa shape index (κ2) is 9.32. The van der Waals surface area contributed by atoms with Gasteiger partial charge in [0.15, 0.2) is 0 Å². The van der Waals surface area contributed by atoms with Crippen LogP contribution >= 0.6 is 0 Å². The monoisotopic (exact) mass is 471 g/mol. The van der Waals surface area contributed by atoms with Gasteiger partial charge < -0.3 is 15.0 Å². The Kier molecular flexibility index (Phi) is 6.37. The lowest BCUT2D eigenvalue weighted by molar-refractivity contribution is -0.138. The van der Waals surface area contributed by atoms with Crippen LogP contribution in [0.3, 0.4) is 0 Å². The standard InChI is InChI=1S/C28H34BN3O3/c1-17(2)25(30-27(34)35-3)26(33)32-14-4-5-24(32)28-13-12-21(28)9-11-23(31-28)20-7-6-19-16-22(29)10-8-18(19)15-20/h6-8,10,15-17,21,24-25H,4-5,9,11-14H2,1-3H3,(H,30,34). The first kappa shape index (κ1) is 23.9. The summed E-state index contributed by atoms with van der Waals surface area (Å²) in [4.78, 5) is 33.1. The second-order valence-electron chi connectivity index (χ2n) is 10.7. The highest BCUT2D eigenvalue weighted by atomic mass is 16.5. The predicted molar refractivity (Wildman–Crippen MR) is 139 cm³/mol. The van der Waals surface area contributed by atoms with Crippen LogP contribution in [0.25, 0.3) is 10.8 Å². The average molecular weight is 471 g/mol. The van der Waals surface area contributed by atoms with Gasteiger partial charge in [-0.05, 0) is 72.8 Å². The lowest BCUT2D eigenvalue weighted by Gasteiger charge is -2.55. The van der Waals surface area contributed by atoms with E-state index in [1.807, 2.05) is 30.9 Å². The number of aliphatic imine (C=N–C) groups is 1. The SMILES string of the molecule is [B]c1ccc2cc(C3=NC4(C5CCCN5C(=O)C(NC(=O)OC)C(C)C)CCC4CC3)ccc2c1. The largest absolute Gasteiger partial charge is 0.453 e. The van der Waals surface area contributed by atoms with Gasteiger partial charge in [-0.2, -0.15) is 0 Å². The summed E-state index contributed by atoms with van der Waals surface area (Å²) in [5, 5.41) is 5.06. The Morgan fingerprint density at radius 3 is 2.63 bits per heavy atom. The number of rotatable bonds is 5. The van der Waals surface area contributed by atoms with Crippen LogP contribution in [0.4, 0.5) is 4.79 Å². The molecule has 2 heterocycles. The van der Waals surface area contributed by atoms with E-state index in [1.165, 1.54) is 13.5 Å².